The highest BCUT2D eigenvalue weighted by Gasteiger charge is 2.13. The summed E-state index contributed by atoms with van der Waals surface area (Å²) in [5, 5.41) is 6.00. The van der Waals surface area contributed by atoms with Crippen molar-refractivity contribution in [3.05, 3.63) is 77.9 Å². The number of rotatable bonds is 9. The number of benzene rings is 3. The van der Waals surface area contributed by atoms with E-state index in [2.05, 4.69) is 43.5 Å². The predicted octanol–water partition coefficient (Wildman–Crippen LogP) is 7.31. The number of nitrogens with one attached hydrogen (secondary N) is 2. The fraction of sp³-hybridized carbons (Fsp3) is 0.276. The number of anilines is 1. The Morgan fingerprint density at radius 3 is 2.64 bits per heavy atom. The Kier molecular flexibility index (Phi) is 8.33. The van der Waals surface area contributed by atoms with Crippen LogP contribution in [0.25, 0.3) is 22.6 Å². The summed E-state index contributed by atoms with van der Waals surface area (Å²) in [7, 11) is 0. The molecule has 7 heteroatoms. The van der Waals surface area contributed by atoms with E-state index < -0.39 is 0 Å². The first-order valence-electron chi connectivity index (χ1n) is 12.3. The summed E-state index contributed by atoms with van der Waals surface area (Å²) in [4.78, 5) is 17.3. The van der Waals surface area contributed by atoms with Crippen molar-refractivity contribution in [3.63, 3.8) is 0 Å². The first-order chi connectivity index (χ1) is 17.5. The van der Waals surface area contributed by atoms with Gasteiger partial charge in [-0.25, -0.2) is 4.98 Å². The van der Waals surface area contributed by atoms with Crippen LogP contribution in [0.15, 0.2) is 71.1 Å². The van der Waals surface area contributed by atoms with Crippen LogP contribution < -0.4 is 15.4 Å². The van der Waals surface area contributed by atoms with E-state index in [4.69, 9.17) is 26.4 Å². The van der Waals surface area contributed by atoms with Crippen molar-refractivity contribution in [1.82, 2.24) is 10.3 Å². The van der Waals surface area contributed by atoms with Gasteiger partial charge in [-0.1, -0.05) is 39.3 Å². The van der Waals surface area contributed by atoms with E-state index in [0.717, 1.165) is 47.4 Å². The fourth-order valence-corrected chi connectivity index (χ4v) is 3.93. The van der Waals surface area contributed by atoms with Crippen molar-refractivity contribution in [2.75, 3.05) is 11.9 Å². The Morgan fingerprint density at radius 1 is 1.08 bits per heavy atom. The molecule has 3 aromatic carbocycles. The van der Waals surface area contributed by atoms with Crippen LogP contribution in [-0.2, 0) is 0 Å². The van der Waals surface area contributed by atoms with Crippen molar-refractivity contribution in [2.24, 2.45) is 0 Å². The van der Waals surface area contributed by atoms with Crippen molar-refractivity contribution in [2.45, 2.75) is 46.0 Å². The van der Waals surface area contributed by atoms with E-state index in [1.165, 1.54) is 5.56 Å². The molecule has 0 saturated heterocycles. The van der Waals surface area contributed by atoms with Crippen LogP contribution in [0.3, 0.4) is 0 Å². The second-order valence-electron chi connectivity index (χ2n) is 8.77. The minimum Gasteiger partial charge on any atom is -0.494 e. The lowest BCUT2D eigenvalue weighted by Gasteiger charge is -2.11. The van der Waals surface area contributed by atoms with Gasteiger partial charge < -0.3 is 14.5 Å². The molecule has 36 heavy (non-hydrogen) atoms. The molecule has 0 aliphatic carbocycles. The normalized spacial score (nSPS) is 11.8. The molecule has 0 saturated carbocycles. The van der Waals surface area contributed by atoms with Gasteiger partial charge in [-0.3, -0.25) is 10.1 Å². The smallest absolute Gasteiger partial charge is 0.257 e. The summed E-state index contributed by atoms with van der Waals surface area (Å²) in [5.41, 5.74) is 4.87. The monoisotopic (exact) mass is 501 g/mol. The number of hydrogen-bond acceptors (Lipinski definition) is 5. The van der Waals surface area contributed by atoms with Gasteiger partial charge in [0, 0.05) is 16.8 Å². The second kappa shape index (κ2) is 11.8. The standard InChI is InChI=1S/C29H31N3O3S/c1-4-6-16-34-24-13-10-20(11-14-24)27(33)32-29(36)30-23-9-7-8-22(17-23)28-31-25-18-21(19(3)5-2)12-15-26(25)35-28/h7-15,17-19H,4-6,16H2,1-3H3,(H2,30,32,33,36)/t19-/m0/s1. The number of hydrogen-bond donors (Lipinski definition) is 2. The molecular formula is C29H31N3O3S. The zero-order chi connectivity index (χ0) is 25.5. The number of nitrogens with zero attached hydrogens (tertiary/aromatic N) is 1. The van der Waals surface area contributed by atoms with Crippen LogP contribution in [0.5, 0.6) is 5.75 Å². The Labute approximate surface area is 217 Å². The zero-order valence-corrected chi connectivity index (χ0v) is 21.7. The van der Waals surface area contributed by atoms with E-state index in [1.807, 2.05) is 30.3 Å². The molecule has 1 heterocycles. The quantitative estimate of drug-likeness (QED) is 0.185. The molecule has 4 rings (SSSR count). The van der Waals surface area contributed by atoms with Crippen LogP contribution in [0.4, 0.5) is 5.69 Å². The maximum Gasteiger partial charge on any atom is 0.257 e. The SMILES string of the molecule is CCCCOc1ccc(C(=O)NC(=S)Nc2cccc(-c3nc4cc([C@@H](C)CC)ccc4o3)c2)cc1. The molecule has 0 bridgehead atoms. The number of oxazole rings is 1. The Bertz CT molecular complexity index is 1350. The lowest BCUT2D eigenvalue weighted by molar-refractivity contribution is 0.0977. The number of aromatic nitrogens is 1. The summed E-state index contributed by atoms with van der Waals surface area (Å²) in [5.74, 6) is 1.45. The van der Waals surface area contributed by atoms with Crippen molar-refractivity contribution in [1.29, 1.82) is 0 Å². The highest BCUT2D eigenvalue weighted by atomic mass is 32.1. The molecule has 1 amide bonds. The van der Waals surface area contributed by atoms with Gasteiger partial charge in [-0.15, -0.1) is 0 Å². The minimum atomic E-state index is -0.292. The molecule has 0 aliphatic rings. The summed E-state index contributed by atoms with van der Waals surface area (Å²) in [6, 6.07) is 20.8. The minimum absolute atomic E-state index is 0.205. The number of thiocarbonyl (C=S) groups is 1. The third kappa shape index (κ3) is 6.29. The zero-order valence-electron chi connectivity index (χ0n) is 20.8. The second-order valence-corrected chi connectivity index (χ2v) is 9.18. The summed E-state index contributed by atoms with van der Waals surface area (Å²) in [6.45, 7) is 7.16. The van der Waals surface area contributed by atoms with Gasteiger partial charge in [0.25, 0.3) is 5.91 Å². The Balaban J connectivity index is 1.40. The number of amides is 1. The van der Waals surface area contributed by atoms with E-state index in [-0.39, 0.29) is 11.0 Å². The highest BCUT2D eigenvalue weighted by Crippen LogP contribution is 2.29. The average molecular weight is 502 g/mol. The van der Waals surface area contributed by atoms with Gasteiger partial charge in [-0.2, -0.15) is 0 Å². The van der Waals surface area contributed by atoms with Crippen molar-refractivity contribution in [3.8, 4) is 17.2 Å². The lowest BCUT2D eigenvalue weighted by Crippen LogP contribution is -2.34. The molecule has 0 fully saturated rings. The van der Waals surface area contributed by atoms with Crippen molar-refractivity contribution < 1.29 is 13.9 Å². The Morgan fingerprint density at radius 2 is 1.89 bits per heavy atom. The van der Waals surface area contributed by atoms with Crippen LogP contribution in [0, 0.1) is 0 Å². The highest BCUT2D eigenvalue weighted by molar-refractivity contribution is 7.80. The van der Waals surface area contributed by atoms with Gasteiger partial charge in [0.05, 0.1) is 6.61 Å². The van der Waals surface area contributed by atoms with Crippen LogP contribution in [0.2, 0.25) is 0 Å². The summed E-state index contributed by atoms with van der Waals surface area (Å²) < 4.78 is 11.6. The molecule has 1 aromatic heterocycles. The fourth-order valence-electron chi connectivity index (χ4n) is 3.71. The van der Waals surface area contributed by atoms with Crippen LogP contribution >= 0.6 is 12.2 Å². The van der Waals surface area contributed by atoms with Crippen LogP contribution in [0.1, 0.15) is 61.9 Å². The van der Waals surface area contributed by atoms with Gasteiger partial charge in [0.15, 0.2) is 10.7 Å². The number of ether oxygens (including phenoxy) is 1. The molecule has 0 spiro atoms. The third-order valence-corrected chi connectivity index (χ3v) is 6.27. The number of carbonyl (C=O) groups is 1. The van der Waals surface area contributed by atoms with Gasteiger partial charge in [-0.05, 0) is 91.1 Å². The third-order valence-electron chi connectivity index (χ3n) is 6.07. The van der Waals surface area contributed by atoms with E-state index in [9.17, 15) is 4.79 Å². The summed E-state index contributed by atoms with van der Waals surface area (Å²) in [6.07, 6.45) is 3.13. The first-order valence-corrected chi connectivity index (χ1v) is 12.7. The maximum absolute atomic E-state index is 12.6. The largest absolute Gasteiger partial charge is 0.494 e. The van der Waals surface area contributed by atoms with E-state index in [1.54, 1.807) is 24.3 Å². The molecule has 0 radical (unpaired) electrons. The molecule has 4 aromatic rings. The number of unbranched alkanes of at least 4 members (excludes halogenated alkanes) is 1. The maximum atomic E-state index is 12.6. The molecule has 0 unspecified atom stereocenters. The summed E-state index contributed by atoms with van der Waals surface area (Å²) >= 11 is 5.36. The molecule has 186 valence electrons. The Hall–Kier alpha value is -3.71. The van der Waals surface area contributed by atoms with Gasteiger partial charge >= 0.3 is 0 Å². The molecule has 1 atom stereocenters. The average Bonchev–Trinajstić information content (AvgIpc) is 3.32. The first kappa shape index (κ1) is 25.4. The van der Waals surface area contributed by atoms with E-state index in [0.29, 0.717) is 24.0 Å². The molecule has 2 N–H and O–H groups in total. The van der Waals surface area contributed by atoms with Gasteiger partial charge in [0.2, 0.25) is 5.89 Å². The lowest BCUT2D eigenvalue weighted by atomic mass is 9.98. The molecule has 0 aliphatic heterocycles. The van der Waals surface area contributed by atoms with Crippen molar-refractivity contribution >= 4 is 40.0 Å². The topological polar surface area (TPSA) is 76.4 Å². The van der Waals surface area contributed by atoms with Crippen LogP contribution in [-0.4, -0.2) is 22.6 Å². The van der Waals surface area contributed by atoms with E-state index >= 15 is 0 Å². The van der Waals surface area contributed by atoms with Gasteiger partial charge in [0.1, 0.15) is 11.3 Å². The number of fused-ring (bicyclic) bond motifs is 1. The molecule has 6 nitrogen and oxygen atoms in total. The predicted molar refractivity (Wildman–Crippen MR) is 149 cm³/mol. The molecular weight excluding hydrogens is 470 g/mol. The number of carbonyl (C=O) groups excluding carboxylic acids is 1.